The van der Waals surface area contributed by atoms with E-state index in [2.05, 4.69) is 20.8 Å². The number of halogens is 1. The number of alkyl carbamates (subject to hydrolysis) is 1. The van der Waals surface area contributed by atoms with Crippen molar-refractivity contribution in [1.29, 1.82) is 0 Å². The molecule has 176 valence electrons. The maximum Gasteiger partial charge on any atom is 0.407 e. The summed E-state index contributed by atoms with van der Waals surface area (Å²) >= 11 is 6.07. The zero-order chi connectivity index (χ0) is 23.4. The first-order valence-corrected chi connectivity index (χ1v) is 11.6. The van der Waals surface area contributed by atoms with Crippen molar-refractivity contribution in [3.8, 4) is 0 Å². The van der Waals surface area contributed by atoms with Crippen LogP contribution in [0.15, 0.2) is 35.3 Å². The van der Waals surface area contributed by atoms with Gasteiger partial charge >= 0.3 is 6.09 Å². The van der Waals surface area contributed by atoms with Crippen LogP contribution in [0, 0.1) is 6.92 Å². The lowest BCUT2D eigenvalue weighted by Crippen LogP contribution is -2.44. The zero-order valence-corrected chi connectivity index (χ0v) is 19.2. The molecule has 0 spiro atoms. The minimum atomic E-state index is -0.443. The van der Waals surface area contributed by atoms with Gasteiger partial charge in [-0.3, -0.25) is 9.59 Å². The lowest BCUT2D eigenvalue weighted by atomic mass is 9.91. The highest BCUT2D eigenvalue weighted by molar-refractivity contribution is 6.33. The van der Waals surface area contributed by atoms with Crippen LogP contribution in [0.3, 0.4) is 0 Å². The fraction of sp³-hybridized carbons (Fsp3) is 0.478. The molecule has 0 radical (unpaired) electrons. The van der Waals surface area contributed by atoms with Gasteiger partial charge in [-0.15, -0.1) is 0 Å². The Labute approximate surface area is 196 Å². The summed E-state index contributed by atoms with van der Waals surface area (Å²) in [6.45, 7) is 3.00. The standard InChI is InChI=1S/C23H28ClN5O4/c1-14-4-2-3-5-18(14)21(30)26-15-6-8-16(9-7-15)27-23(32)33-17-10-11-29(13-17)19-12-25-28-22(31)20(19)24/h2-5,12,15-17H,6-11,13H2,1H3,(H,26,30)(H,27,32)(H,28,31)/t15?,16?,17-/m1/s1. The van der Waals surface area contributed by atoms with Gasteiger partial charge in [0.1, 0.15) is 11.1 Å². The third kappa shape index (κ3) is 5.65. The Morgan fingerprint density at radius 3 is 2.55 bits per heavy atom. The molecule has 2 heterocycles. The predicted molar refractivity (Wildman–Crippen MR) is 125 cm³/mol. The molecule has 0 unspecified atom stereocenters. The number of ether oxygens (including phenoxy) is 1. The van der Waals surface area contributed by atoms with E-state index in [1.165, 1.54) is 6.20 Å². The average molecular weight is 474 g/mol. The van der Waals surface area contributed by atoms with Gasteiger partial charge in [0.05, 0.1) is 18.4 Å². The highest BCUT2D eigenvalue weighted by Gasteiger charge is 2.29. The van der Waals surface area contributed by atoms with Gasteiger partial charge in [-0.1, -0.05) is 29.8 Å². The predicted octanol–water partition coefficient (Wildman–Crippen LogP) is 2.78. The average Bonchev–Trinajstić information content (AvgIpc) is 3.25. The third-order valence-electron chi connectivity index (χ3n) is 6.31. The molecule has 2 fully saturated rings. The maximum absolute atomic E-state index is 12.5. The van der Waals surface area contributed by atoms with E-state index < -0.39 is 11.7 Å². The number of amides is 2. The molecule has 1 aliphatic carbocycles. The van der Waals surface area contributed by atoms with Gasteiger partial charge in [-0.05, 0) is 44.2 Å². The van der Waals surface area contributed by atoms with Gasteiger partial charge in [0.2, 0.25) is 0 Å². The SMILES string of the molecule is Cc1ccccc1C(=O)NC1CCC(NC(=O)O[C@@H]2CCN(c3cn[nH]c(=O)c3Cl)C2)CC1. The number of carbonyl (C=O) groups is 2. The number of hydrogen-bond donors (Lipinski definition) is 3. The molecule has 2 aliphatic rings. The van der Waals surface area contributed by atoms with Crippen LogP contribution in [-0.2, 0) is 4.74 Å². The Bertz CT molecular complexity index is 1070. The van der Waals surface area contributed by atoms with Crippen molar-refractivity contribution in [3.63, 3.8) is 0 Å². The van der Waals surface area contributed by atoms with Crippen molar-refractivity contribution in [2.24, 2.45) is 0 Å². The first-order chi connectivity index (χ1) is 15.9. The van der Waals surface area contributed by atoms with Gasteiger partial charge in [0.25, 0.3) is 11.5 Å². The van der Waals surface area contributed by atoms with Gasteiger partial charge in [-0.2, -0.15) is 5.10 Å². The summed E-state index contributed by atoms with van der Waals surface area (Å²) in [7, 11) is 0. The number of rotatable bonds is 5. The number of aromatic amines is 1. The number of hydrogen-bond acceptors (Lipinski definition) is 6. The molecular weight excluding hydrogens is 446 g/mol. The summed E-state index contributed by atoms with van der Waals surface area (Å²) in [5, 5.41) is 12.2. The molecule has 1 aromatic carbocycles. The summed E-state index contributed by atoms with van der Waals surface area (Å²) in [5.74, 6) is -0.0505. The highest BCUT2D eigenvalue weighted by Crippen LogP contribution is 2.26. The molecule has 4 rings (SSSR count). The number of carbonyl (C=O) groups excluding carboxylic acids is 2. The lowest BCUT2D eigenvalue weighted by molar-refractivity contribution is 0.0908. The molecule has 33 heavy (non-hydrogen) atoms. The van der Waals surface area contributed by atoms with Gasteiger partial charge in [0, 0.05) is 30.6 Å². The third-order valence-corrected chi connectivity index (χ3v) is 6.68. The molecular formula is C23H28ClN5O4. The summed E-state index contributed by atoms with van der Waals surface area (Å²) in [4.78, 5) is 38.5. The van der Waals surface area contributed by atoms with Crippen LogP contribution >= 0.6 is 11.6 Å². The molecule has 10 heteroatoms. The zero-order valence-electron chi connectivity index (χ0n) is 18.5. The van der Waals surface area contributed by atoms with Crippen molar-refractivity contribution in [1.82, 2.24) is 20.8 Å². The van der Waals surface area contributed by atoms with Gasteiger partial charge < -0.3 is 20.3 Å². The molecule has 1 atom stereocenters. The minimum absolute atomic E-state index is 0.0212. The Morgan fingerprint density at radius 2 is 1.82 bits per heavy atom. The normalized spacial score (nSPS) is 22.6. The van der Waals surface area contributed by atoms with Crippen LogP contribution in [0.5, 0.6) is 0 Å². The smallest absolute Gasteiger partial charge is 0.407 e. The van der Waals surface area contributed by atoms with E-state index in [0.29, 0.717) is 30.8 Å². The summed E-state index contributed by atoms with van der Waals surface area (Å²) in [5.41, 5.74) is 1.75. The van der Waals surface area contributed by atoms with Crippen molar-refractivity contribution < 1.29 is 14.3 Å². The summed E-state index contributed by atoms with van der Waals surface area (Å²) < 4.78 is 5.59. The monoisotopic (exact) mass is 473 g/mol. The van der Waals surface area contributed by atoms with Crippen molar-refractivity contribution in [2.45, 2.75) is 57.2 Å². The Morgan fingerprint density at radius 1 is 1.12 bits per heavy atom. The summed E-state index contributed by atoms with van der Waals surface area (Å²) in [6.07, 6.45) is 4.57. The number of aromatic nitrogens is 2. The fourth-order valence-corrected chi connectivity index (χ4v) is 4.67. The fourth-order valence-electron chi connectivity index (χ4n) is 4.46. The number of aryl methyl sites for hydroxylation is 1. The van der Waals surface area contributed by atoms with Crippen LogP contribution in [0.2, 0.25) is 5.02 Å². The van der Waals surface area contributed by atoms with E-state index in [9.17, 15) is 14.4 Å². The largest absolute Gasteiger partial charge is 0.444 e. The van der Waals surface area contributed by atoms with Crippen LogP contribution in [-0.4, -0.2) is 53.5 Å². The van der Waals surface area contributed by atoms with E-state index in [1.807, 2.05) is 36.1 Å². The van der Waals surface area contributed by atoms with Crippen molar-refractivity contribution in [2.75, 3.05) is 18.0 Å². The lowest BCUT2D eigenvalue weighted by Gasteiger charge is -2.30. The maximum atomic E-state index is 12.5. The Hall–Kier alpha value is -3.07. The second-order valence-electron chi connectivity index (χ2n) is 8.64. The van der Waals surface area contributed by atoms with Crippen molar-refractivity contribution >= 4 is 29.3 Å². The first-order valence-electron chi connectivity index (χ1n) is 11.2. The molecule has 1 saturated carbocycles. The topological polar surface area (TPSA) is 116 Å². The number of anilines is 1. The van der Waals surface area contributed by atoms with Crippen molar-refractivity contribution in [3.05, 3.63) is 57.0 Å². The number of nitrogens with one attached hydrogen (secondary N) is 3. The molecule has 3 N–H and O–H groups in total. The highest BCUT2D eigenvalue weighted by atomic mass is 35.5. The van der Waals surface area contributed by atoms with Gasteiger partial charge in [0.15, 0.2) is 0 Å². The van der Waals surface area contributed by atoms with E-state index in [-0.39, 0.29) is 29.1 Å². The summed E-state index contributed by atoms with van der Waals surface area (Å²) in [6, 6.07) is 7.66. The molecule has 1 saturated heterocycles. The Kier molecular flexibility index (Phi) is 7.17. The molecule has 0 bridgehead atoms. The molecule has 2 amide bonds. The molecule has 1 aliphatic heterocycles. The van der Waals surface area contributed by atoms with E-state index >= 15 is 0 Å². The molecule has 9 nitrogen and oxygen atoms in total. The second-order valence-corrected chi connectivity index (χ2v) is 9.02. The van der Waals surface area contributed by atoms with E-state index in [4.69, 9.17) is 16.3 Å². The van der Waals surface area contributed by atoms with Crippen LogP contribution in [0.25, 0.3) is 0 Å². The van der Waals surface area contributed by atoms with E-state index in [1.54, 1.807) is 0 Å². The van der Waals surface area contributed by atoms with Gasteiger partial charge in [-0.25, -0.2) is 9.89 Å². The van der Waals surface area contributed by atoms with Crippen LogP contribution in [0.4, 0.5) is 10.5 Å². The number of nitrogens with zero attached hydrogens (tertiary/aromatic N) is 2. The Balaban J connectivity index is 1.20. The number of H-pyrrole nitrogens is 1. The number of benzene rings is 1. The molecule has 1 aromatic heterocycles. The van der Waals surface area contributed by atoms with E-state index in [0.717, 1.165) is 31.2 Å². The minimum Gasteiger partial charge on any atom is -0.444 e. The quantitative estimate of drug-likeness (QED) is 0.614. The van der Waals surface area contributed by atoms with Crippen LogP contribution in [0.1, 0.15) is 48.0 Å². The first kappa shape index (κ1) is 23.1. The molecule has 2 aromatic rings. The second kappa shape index (κ2) is 10.2. The van der Waals surface area contributed by atoms with Crippen LogP contribution < -0.4 is 21.1 Å².